The number of aromatic nitrogens is 1. The van der Waals surface area contributed by atoms with Crippen LogP contribution in [0, 0.1) is 31.1 Å². The molecule has 0 bridgehead atoms. The van der Waals surface area contributed by atoms with Crippen molar-refractivity contribution in [3.8, 4) is 17.5 Å². The van der Waals surface area contributed by atoms with Gasteiger partial charge in [0.1, 0.15) is 17.4 Å². The molecule has 0 atom stereocenters. The summed E-state index contributed by atoms with van der Waals surface area (Å²) in [7, 11) is 1.63. The first kappa shape index (κ1) is 23.1. The van der Waals surface area contributed by atoms with E-state index in [1.807, 2.05) is 50.2 Å². The van der Waals surface area contributed by atoms with Gasteiger partial charge >= 0.3 is 0 Å². The summed E-state index contributed by atoms with van der Waals surface area (Å²) in [5, 5.41) is 15.1. The quantitative estimate of drug-likeness (QED) is 0.378. The minimum atomic E-state index is -0.447. The van der Waals surface area contributed by atoms with Gasteiger partial charge in [-0.2, -0.15) is 5.26 Å². The fraction of sp³-hybridized carbons (Fsp3) is 0.400. The third kappa shape index (κ3) is 5.38. The van der Waals surface area contributed by atoms with Crippen molar-refractivity contribution in [2.24, 2.45) is 5.92 Å². The number of aryl methyl sites for hydroxylation is 1. The van der Waals surface area contributed by atoms with Crippen LogP contribution in [0.25, 0.3) is 11.8 Å². The van der Waals surface area contributed by atoms with E-state index in [1.165, 1.54) is 0 Å². The predicted octanol–water partition coefficient (Wildman–Crippen LogP) is 3.43. The molecule has 2 amide bonds. The Morgan fingerprint density at radius 2 is 1.81 bits per heavy atom. The number of amides is 2. The number of nitriles is 1. The largest absolute Gasteiger partial charge is 0.497 e. The second kappa shape index (κ2) is 10.7. The molecule has 1 fully saturated rings. The van der Waals surface area contributed by atoms with Crippen molar-refractivity contribution in [1.29, 1.82) is 5.26 Å². The fourth-order valence-electron chi connectivity index (χ4n) is 4.16. The standard InChI is InChI=1S/C25H30N4O3/c1-17-14-20(18(2)29(17)22-8-10-23(32-3)11-9-22)15-21(16-26)25(31)28-13-12-27-24(30)19-6-4-5-7-19/h8-11,14-15,19H,4-7,12-13H2,1-3H3,(H,27,30)(H,28,31)/b21-15-. The van der Waals surface area contributed by atoms with E-state index in [0.29, 0.717) is 6.54 Å². The Bertz CT molecular complexity index is 1040. The van der Waals surface area contributed by atoms with E-state index in [4.69, 9.17) is 4.74 Å². The van der Waals surface area contributed by atoms with Crippen molar-refractivity contribution >= 4 is 17.9 Å². The summed E-state index contributed by atoms with van der Waals surface area (Å²) in [5.74, 6) is 0.482. The highest BCUT2D eigenvalue weighted by Crippen LogP contribution is 2.25. The summed E-state index contributed by atoms with van der Waals surface area (Å²) in [6.45, 7) is 4.56. The van der Waals surface area contributed by atoms with Gasteiger partial charge in [0.2, 0.25) is 5.91 Å². The van der Waals surface area contributed by atoms with Crippen LogP contribution in [0.3, 0.4) is 0 Å². The van der Waals surface area contributed by atoms with Gasteiger partial charge in [-0.05, 0) is 68.7 Å². The zero-order valence-electron chi connectivity index (χ0n) is 18.9. The second-order valence-electron chi connectivity index (χ2n) is 8.06. The lowest BCUT2D eigenvalue weighted by Crippen LogP contribution is -2.37. The topological polar surface area (TPSA) is 96.2 Å². The highest BCUT2D eigenvalue weighted by Gasteiger charge is 2.22. The molecule has 1 heterocycles. The molecule has 0 radical (unpaired) electrons. The number of carbonyl (C=O) groups is 2. The van der Waals surface area contributed by atoms with Crippen molar-refractivity contribution < 1.29 is 14.3 Å². The van der Waals surface area contributed by atoms with Crippen molar-refractivity contribution in [2.45, 2.75) is 39.5 Å². The first-order valence-corrected chi connectivity index (χ1v) is 11.0. The lowest BCUT2D eigenvalue weighted by molar-refractivity contribution is -0.125. The average molecular weight is 435 g/mol. The number of methoxy groups -OCH3 is 1. The van der Waals surface area contributed by atoms with Gasteiger partial charge in [-0.3, -0.25) is 9.59 Å². The normalized spacial score (nSPS) is 14.1. The number of nitrogens with zero attached hydrogens (tertiary/aromatic N) is 2. The number of benzene rings is 1. The predicted molar refractivity (Wildman–Crippen MR) is 123 cm³/mol. The summed E-state index contributed by atoms with van der Waals surface area (Å²) in [5.41, 5.74) is 3.73. The molecule has 0 aliphatic heterocycles. The fourth-order valence-corrected chi connectivity index (χ4v) is 4.16. The Balaban J connectivity index is 1.64. The minimum absolute atomic E-state index is 0.0297. The first-order valence-electron chi connectivity index (χ1n) is 11.0. The van der Waals surface area contributed by atoms with E-state index < -0.39 is 5.91 Å². The van der Waals surface area contributed by atoms with Crippen LogP contribution < -0.4 is 15.4 Å². The van der Waals surface area contributed by atoms with Gasteiger partial charge in [0.25, 0.3) is 5.91 Å². The molecule has 1 saturated carbocycles. The van der Waals surface area contributed by atoms with Gasteiger partial charge < -0.3 is 19.9 Å². The molecule has 1 aromatic carbocycles. The highest BCUT2D eigenvalue weighted by molar-refractivity contribution is 6.01. The maximum atomic E-state index is 12.5. The number of carbonyl (C=O) groups excluding carboxylic acids is 2. The zero-order chi connectivity index (χ0) is 23.1. The van der Waals surface area contributed by atoms with Crippen molar-refractivity contribution in [1.82, 2.24) is 15.2 Å². The van der Waals surface area contributed by atoms with E-state index >= 15 is 0 Å². The Kier molecular flexibility index (Phi) is 7.72. The maximum absolute atomic E-state index is 12.5. The molecule has 168 valence electrons. The number of hydrogen-bond acceptors (Lipinski definition) is 4. The van der Waals surface area contributed by atoms with Gasteiger partial charge in [-0.15, -0.1) is 0 Å². The van der Waals surface area contributed by atoms with Gasteiger partial charge in [0.15, 0.2) is 0 Å². The van der Waals surface area contributed by atoms with Gasteiger partial charge in [-0.1, -0.05) is 12.8 Å². The third-order valence-corrected chi connectivity index (χ3v) is 5.90. The van der Waals surface area contributed by atoms with Crippen LogP contribution in [0.2, 0.25) is 0 Å². The molecular weight excluding hydrogens is 404 g/mol. The van der Waals surface area contributed by atoms with Crippen molar-refractivity contribution in [3.63, 3.8) is 0 Å². The molecule has 0 saturated heterocycles. The molecule has 2 N–H and O–H groups in total. The molecule has 1 aromatic heterocycles. The highest BCUT2D eigenvalue weighted by atomic mass is 16.5. The lowest BCUT2D eigenvalue weighted by atomic mass is 10.1. The van der Waals surface area contributed by atoms with E-state index in [0.717, 1.165) is 54.1 Å². The van der Waals surface area contributed by atoms with Crippen LogP contribution >= 0.6 is 0 Å². The van der Waals surface area contributed by atoms with Crippen LogP contribution in [0.15, 0.2) is 35.9 Å². The SMILES string of the molecule is COc1ccc(-n2c(C)cc(/C=C(/C#N)C(=O)NCCNC(=O)C3CCCC3)c2C)cc1. The molecule has 0 spiro atoms. The Hall–Kier alpha value is -3.53. The van der Waals surface area contributed by atoms with E-state index in [-0.39, 0.29) is 23.9 Å². The van der Waals surface area contributed by atoms with Gasteiger partial charge in [0.05, 0.1) is 7.11 Å². The number of hydrogen-bond donors (Lipinski definition) is 2. The summed E-state index contributed by atoms with van der Waals surface area (Å²) < 4.78 is 7.29. The third-order valence-electron chi connectivity index (χ3n) is 5.90. The van der Waals surface area contributed by atoms with Crippen LogP contribution in [-0.2, 0) is 9.59 Å². The summed E-state index contributed by atoms with van der Waals surface area (Å²) in [6, 6.07) is 11.7. The maximum Gasteiger partial charge on any atom is 0.262 e. The number of nitrogens with one attached hydrogen (secondary N) is 2. The molecule has 1 aliphatic rings. The molecule has 7 nitrogen and oxygen atoms in total. The smallest absolute Gasteiger partial charge is 0.262 e. The molecule has 32 heavy (non-hydrogen) atoms. The van der Waals surface area contributed by atoms with Gasteiger partial charge in [0, 0.05) is 36.1 Å². The minimum Gasteiger partial charge on any atom is -0.497 e. The molecule has 3 rings (SSSR count). The Morgan fingerprint density at radius 1 is 1.16 bits per heavy atom. The van der Waals surface area contributed by atoms with Gasteiger partial charge in [-0.25, -0.2) is 0 Å². The molecule has 1 aliphatic carbocycles. The summed E-state index contributed by atoms with van der Waals surface area (Å²) in [4.78, 5) is 24.5. The second-order valence-corrected chi connectivity index (χ2v) is 8.06. The van der Waals surface area contributed by atoms with Crippen molar-refractivity contribution in [2.75, 3.05) is 20.2 Å². The molecule has 2 aromatic rings. The molecule has 7 heteroatoms. The Morgan fingerprint density at radius 3 is 2.44 bits per heavy atom. The van der Waals surface area contributed by atoms with E-state index in [1.54, 1.807) is 13.2 Å². The monoisotopic (exact) mass is 434 g/mol. The van der Waals surface area contributed by atoms with Crippen LogP contribution in [0.4, 0.5) is 0 Å². The van der Waals surface area contributed by atoms with Crippen LogP contribution in [-0.4, -0.2) is 36.6 Å². The average Bonchev–Trinajstić information content (AvgIpc) is 3.43. The lowest BCUT2D eigenvalue weighted by Gasteiger charge is -2.11. The van der Waals surface area contributed by atoms with E-state index in [2.05, 4.69) is 15.2 Å². The summed E-state index contributed by atoms with van der Waals surface area (Å²) in [6.07, 6.45) is 5.69. The van der Waals surface area contributed by atoms with Crippen LogP contribution in [0.5, 0.6) is 5.75 Å². The molecular formula is C25H30N4O3. The number of rotatable bonds is 8. The first-order chi connectivity index (χ1) is 15.4. The van der Waals surface area contributed by atoms with E-state index in [9.17, 15) is 14.9 Å². The number of ether oxygens (including phenoxy) is 1. The van der Waals surface area contributed by atoms with Crippen LogP contribution in [0.1, 0.15) is 42.6 Å². The Labute approximate surface area is 189 Å². The van der Waals surface area contributed by atoms with Crippen molar-refractivity contribution in [3.05, 3.63) is 52.9 Å². The summed E-state index contributed by atoms with van der Waals surface area (Å²) >= 11 is 0. The molecule has 0 unspecified atom stereocenters. The zero-order valence-corrected chi connectivity index (χ0v) is 18.9.